The average Bonchev–Trinajstić information content (AvgIpc) is 2.95. The van der Waals surface area contributed by atoms with Crippen LogP contribution in [-0.4, -0.2) is 0 Å². The van der Waals surface area contributed by atoms with Crippen LogP contribution in [0.2, 0.25) is 0 Å². The lowest BCUT2D eigenvalue weighted by Crippen LogP contribution is -2.11. The number of halogens is 1. The molecule has 2 heterocycles. The minimum Gasteiger partial charge on any atom is -0.324 e. The van der Waals surface area contributed by atoms with Crippen molar-refractivity contribution in [1.82, 2.24) is 0 Å². The fraction of sp³-hybridized carbons (Fsp3) is 0.143. The molecule has 2 N–H and O–H groups in total. The van der Waals surface area contributed by atoms with E-state index < -0.39 is 0 Å². The minimum atomic E-state index is 0.0756. The zero-order valence-corrected chi connectivity index (χ0v) is 12.8. The van der Waals surface area contributed by atoms with Crippen molar-refractivity contribution in [2.24, 2.45) is 5.73 Å². The maximum Gasteiger partial charge on any atom is 0.0701 e. The van der Waals surface area contributed by atoms with Crippen LogP contribution in [0.1, 0.15) is 16.5 Å². The highest BCUT2D eigenvalue weighted by atomic mass is 79.9. The molecule has 0 radical (unpaired) electrons. The van der Waals surface area contributed by atoms with E-state index in [0.717, 1.165) is 6.42 Å². The minimum absolute atomic E-state index is 0.0756. The van der Waals surface area contributed by atoms with Gasteiger partial charge in [0.15, 0.2) is 0 Å². The van der Waals surface area contributed by atoms with Crippen LogP contribution in [0.5, 0.6) is 0 Å². The molecule has 18 heavy (non-hydrogen) atoms. The van der Waals surface area contributed by atoms with E-state index in [4.69, 9.17) is 5.73 Å². The third kappa shape index (κ3) is 2.38. The Balaban J connectivity index is 1.90. The Hall–Kier alpha value is -0.680. The summed E-state index contributed by atoms with van der Waals surface area (Å²) in [5.41, 5.74) is 7.61. The van der Waals surface area contributed by atoms with Gasteiger partial charge in [-0.2, -0.15) is 0 Å². The number of hydrogen-bond donors (Lipinski definition) is 1. The van der Waals surface area contributed by atoms with Gasteiger partial charge in [0.25, 0.3) is 0 Å². The molecule has 1 nitrogen and oxygen atoms in total. The van der Waals surface area contributed by atoms with Gasteiger partial charge in [-0.15, -0.1) is 22.7 Å². The first-order valence-corrected chi connectivity index (χ1v) is 8.19. The Kier molecular flexibility index (Phi) is 3.52. The Morgan fingerprint density at radius 3 is 2.78 bits per heavy atom. The summed E-state index contributed by atoms with van der Waals surface area (Å²) in [6, 6.07) is 12.8. The van der Waals surface area contributed by atoms with E-state index in [0.29, 0.717) is 0 Å². The molecule has 0 fully saturated rings. The lowest BCUT2D eigenvalue weighted by molar-refractivity contribution is 0.739. The summed E-state index contributed by atoms with van der Waals surface area (Å²) in [6.07, 6.45) is 0.900. The lowest BCUT2D eigenvalue weighted by Gasteiger charge is -2.09. The predicted octanol–water partition coefficient (Wildman–Crippen LogP) is 4.97. The Morgan fingerprint density at radius 2 is 2.00 bits per heavy atom. The third-order valence-corrected chi connectivity index (χ3v) is 5.59. The maximum absolute atomic E-state index is 6.34. The lowest BCUT2D eigenvalue weighted by atomic mass is 10.0. The largest absolute Gasteiger partial charge is 0.324 e. The highest BCUT2D eigenvalue weighted by molar-refractivity contribution is 9.11. The van der Waals surface area contributed by atoms with E-state index in [-0.39, 0.29) is 6.04 Å². The molecular formula is C14H12BrNS2. The smallest absolute Gasteiger partial charge is 0.0701 e. The van der Waals surface area contributed by atoms with Crippen molar-refractivity contribution in [3.05, 3.63) is 56.0 Å². The highest BCUT2D eigenvalue weighted by Crippen LogP contribution is 2.32. The van der Waals surface area contributed by atoms with Gasteiger partial charge in [0.1, 0.15) is 0 Å². The van der Waals surface area contributed by atoms with Gasteiger partial charge in [-0.3, -0.25) is 0 Å². The molecule has 1 atom stereocenters. The zero-order chi connectivity index (χ0) is 12.5. The van der Waals surface area contributed by atoms with Gasteiger partial charge in [-0.05, 0) is 50.5 Å². The summed E-state index contributed by atoms with van der Waals surface area (Å²) in [7, 11) is 0. The summed E-state index contributed by atoms with van der Waals surface area (Å²) in [4.78, 5) is 1.32. The molecule has 0 saturated carbocycles. The van der Waals surface area contributed by atoms with Crippen LogP contribution >= 0.6 is 38.6 Å². The van der Waals surface area contributed by atoms with Crippen LogP contribution in [-0.2, 0) is 6.42 Å². The van der Waals surface area contributed by atoms with Crippen molar-refractivity contribution in [3.63, 3.8) is 0 Å². The molecule has 92 valence electrons. The number of nitrogens with two attached hydrogens (primary N) is 1. The van der Waals surface area contributed by atoms with E-state index in [9.17, 15) is 0 Å². The second-order valence-electron chi connectivity index (χ2n) is 4.20. The van der Waals surface area contributed by atoms with Crippen molar-refractivity contribution in [2.45, 2.75) is 12.5 Å². The van der Waals surface area contributed by atoms with Crippen molar-refractivity contribution >= 4 is 48.7 Å². The van der Waals surface area contributed by atoms with Crippen molar-refractivity contribution in [2.75, 3.05) is 0 Å². The Bertz CT molecular complexity index is 671. The fourth-order valence-electron chi connectivity index (χ4n) is 2.07. The monoisotopic (exact) mass is 337 g/mol. The SMILES string of the molecule is NC(Cc1ccc(Br)s1)c1csc2ccccc12. The first-order valence-electron chi connectivity index (χ1n) is 5.70. The van der Waals surface area contributed by atoms with Gasteiger partial charge >= 0.3 is 0 Å². The molecule has 0 spiro atoms. The summed E-state index contributed by atoms with van der Waals surface area (Å²) in [5, 5.41) is 3.49. The molecular weight excluding hydrogens is 326 g/mol. The molecule has 4 heteroatoms. The van der Waals surface area contributed by atoms with Gasteiger partial charge in [-0.25, -0.2) is 0 Å². The van der Waals surface area contributed by atoms with E-state index in [1.165, 1.54) is 24.3 Å². The van der Waals surface area contributed by atoms with Gasteiger partial charge in [0.2, 0.25) is 0 Å². The van der Waals surface area contributed by atoms with Crippen molar-refractivity contribution in [1.29, 1.82) is 0 Å². The number of fused-ring (bicyclic) bond motifs is 1. The van der Waals surface area contributed by atoms with Crippen molar-refractivity contribution in [3.8, 4) is 0 Å². The average molecular weight is 338 g/mol. The van der Waals surface area contributed by atoms with Gasteiger partial charge in [0, 0.05) is 22.0 Å². The van der Waals surface area contributed by atoms with Gasteiger partial charge in [0.05, 0.1) is 3.79 Å². The first kappa shape index (κ1) is 12.4. The second-order valence-corrected chi connectivity index (χ2v) is 7.66. The molecule has 2 aromatic heterocycles. The van der Waals surface area contributed by atoms with Gasteiger partial charge < -0.3 is 5.73 Å². The van der Waals surface area contributed by atoms with Crippen LogP contribution in [0, 0.1) is 0 Å². The molecule has 3 aromatic rings. The topological polar surface area (TPSA) is 26.0 Å². The molecule has 1 unspecified atom stereocenters. The highest BCUT2D eigenvalue weighted by Gasteiger charge is 2.13. The summed E-state index contributed by atoms with van der Waals surface area (Å²) < 4.78 is 2.48. The van der Waals surface area contributed by atoms with E-state index >= 15 is 0 Å². The fourth-order valence-corrected chi connectivity index (χ4v) is 4.64. The van der Waals surface area contributed by atoms with E-state index in [1.54, 1.807) is 22.7 Å². The summed E-state index contributed by atoms with van der Waals surface area (Å²) in [5.74, 6) is 0. The van der Waals surface area contributed by atoms with Crippen molar-refractivity contribution < 1.29 is 0 Å². The number of benzene rings is 1. The standard InChI is InChI=1S/C14H12BrNS2/c15-14-6-5-9(18-14)7-12(16)11-8-17-13-4-2-1-3-10(11)13/h1-6,8,12H,7,16H2. The second kappa shape index (κ2) is 5.13. The number of thiophene rings is 2. The van der Waals surface area contributed by atoms with Gasteiger partial charge in [-0.1, -0.05) is 18.2 Å². The molecule has 0 saturated heterocycles. The van der Waals surface area contributed by atoms with Crippen LogP contribution in [0.15, 0.2) is 45.6 Å². The third-order valence-electron chi connectivity index (χ3n) is 2.96. The number of rotatable bonds is 3. The van der Waals surface area contributed by atoms with Crippen LogP contribution in [0.25, 0.3) is 10.1 Å². The normalized spacial score (nSPS) is 13.0. The predicted molar refractivity (Wildman–Crippen MR) is 84.5 cm³/mol. The Labute approximate surface area is 122 Å². The maximum atomic E-state index is 6.34. The molecule has 0 aliphatic rings. The molecule has 0 amide bonds. The van der Waals surface area contributed by atoms with E-state index in [1.807, 2.05) is 0 Å². The number of hydrogen-bond acceptors (Lipinski definition) is 3. The molecule has 1 aromatic carbocycles. The first-order chi connectivity index (χ1) is 8.74. The quantitative estimate of drug-likeness (QED) is 0.717. The van der Waals surface area contributed by atoms with Crippen LogP contribution < -0.4 is 5.73 Å². The Morgan fingerprint density at radius 1 is 1.17 bits per heavy atom. The molecule has 0 aliphatic carbocycles. The zero-order valence-electron chi connectivity index (χ0n) is 9.60. The summed E-state index contributed by atoms with van der Waals surface area (Å²) >= 11 is 7.02. The molecule has 3 rings (SSSR count). The summed E-state index contributed by atoms with van der Waals surface area (Å²) in [6.45, 7) is 0. The van der Waals surface area contributed by atoms with Crippen LogP contribution in [0.3, 0.4) is 0 Å². The van der Waals surface area contributed by atoms with E-state index in [2.05, 4.69) is 57.7 Å². The molecule has 0 bridgehead atoms. The molecule has 0 aliphatic heterocycles. The van der Waals surface area contributed by atoms with Crippen LogP contribution in [0.4, 0.5) is 0 Å².